The van der Waals surface area contributed by atoms with Gasteiger partial charge in [0, 0.05) is 25.9 Å². The standard InChI is InChI=1S/C14H23N3O3S/c1-3-8-15-13-5-4-9-16-14(13)21(18,19)17-11-6-7-12(10-11)20-2/h4-5,9,11-12,15,17H,3,6-8,10H2,1-2H3. The number of anilines is 1. The zero-order valence-electron chi connectivity index (χ0n) is 12.5. The van der Waals surface area contributed by atoms with Crippen LogP contribution < -0.4 is 10.0 Å². The topological polar surface area (TPSA) is 80.3 Å². The monoisotopic (exact) mass is 313 g/mol. The van der Waals surface area contributed by atoms with Gasteiger partial charge in [-0.05, 0) is 37.8 Å². The van der Waals surface area contributed by atoms with Crippen molar-refractivity contribution in [1.82, 2.24) is 9.71 Å². The number of hydrogen-bond donors (Lipinski definition) is 2. The Morgan fingerprint density at radius 2 is 2.24 bits per heavy atom. The highest BCUT2D eigenvalue weighted by molar-refractivity contribution is 7.89. The first-order valence-corrected chi connectivity index (χ1v) is 8.79. The molecule has 0 bridgehead atoms. The average molecular weight is 313 g/mol. The highest BCUT2D eigenvalue weighted by Crippen LogP contribution is 2.24. The van der Waals surface area contributed by atoms with Gasteiger partial charge in [-0.3, -0.25) is 0 Å². The van der Waals surface area contributed by atoms with E-state index < -0.39 is 10.0 Å². The molecule has 6 nitrogen and oxygen atoms in total. The summed E-state index contributed by atoms with van der Waals surface area (Å²) in [7, 11) is -1.96. The minimum absolute atomic E-state index is 0.0688. The highest BCUT2D eigenvalue weighted by atomic mass is 32.2. The third kappa shape index (κ3) is 4.15. The van der Waals surface area contributed by atoms with E-state index in [-0.39, 0.29) is 17.2 Å². The quantitative estimate of drug-likeness (QED) is 0.801. The van der Waals surface area contributed by atoms with Crippen LogP contribution in [0.25, 0.3) is 0 Å². The maximum atomic E-state index is 12.5. The molecule has 2 unspecified atom stereocenters. The molecule has 0 aliphatic heterocycles. The molecule has 0 spiro atoms. The smallest absolute Gasteiger partial charge is 0.260 e. The minimum atomic E-state index is -3.62. The number of methoxy groups -OCH3 is 1. The molecule has 0 saturated heterocycles. The molecule has 21 heavy (non-hydrogen) atoms. The SMILES string of the molecule is CCCNc1cccnc1S(=O)(=O)NC1CCC(OC)C1. The molecule has 1 fully saturated rings. The number of aromatic nitrogens is 1. The summed E-state index contributed by atoms with van der Waals surface area (Å²) in [6.07, 6.45) is 4.94. The summed E-state index contributed by atoms with van der Waals surface area (Å²) in [5.74, 6) is 0. The summed E-state index contributed by atoms with van der Waals surface area (Å²) in [6.45, 7) is 2.74. The van der Waals surface area contributed by atoms with Gasteiger partial charge in [-0.25, -0.2) is 18.1 Å². The van der Waals surface area contributed by atoms with Gasteiger partial charge >= 0.3 is 0 Å². The molecule has 7 heteroatoms. The maximum absolute atomic E-state index is 12.5. The molecule has 1 aromatic heterocycles. The summed E-state index contributed by atoms with van der Waals surface area (Å²) in [4.78, 5) is 4.04. The maximum Gasteiger partial charge on any atom is 0.260 e. The second-order valence-corrected chi connectivity index (χ2v) is 6.90. The zero-order chi connectivity index (χ0) is 15.3. The van der Waals surface area contributed by atoms with Crippen molar-refractivity contribution in [3.8, 4) is 0 Å². The van der Waals surface area contributed by atoms with Crippen molar-refractivity contribution < 1.29 is 13.2 Å². The molecule has 1 saturated carbocycles. The Balaban J connectivity index is 2.12. The number of sulfonamides is 1. The van der Waals surface area contributed by atoms with Crippen molar-refractivity contribution in [1.29, 1.82) is 0 Å². The Morgan fingerprint density at radius 1 is 1.43 bits per heavy atom. The predicted octanol–water partition coefficient (Wildman–Crippen LogP) is 1.75. The van der Waals surface area contributed by atoms with Crippen molar-refractivity contribution in [3.05, 3.63) is 18.3 Å². The molecule has 1 aliphatic rings. The van der Waals surface area contributed by atoms with Crippen LogP contribution in [0.4, 0.5) is 5.69 Å². The first-order chi connectivity index (χ1) is 10.1. The van der Waals surface area contributed by atoms with E-state index in [1.54, 1.807) is 19.2 Å². The first-order valence-electron chi connectivity index (χ1n) is 7.31. The summed E-state index contributed by atoms with van der Waals surface area (Å²) >= 11 is 0. The number of rotatable bonds is 7. The summed E-state index contributed by atoms with van der Waals surface area (Å²) < 4.78 is 33.0. The molecule has 0 radical (unpaired) electrons. The van der Waals surface area contributed by atoms with Crippen LogP contribution >= 0.6 is 0 Å². The molecule has 0 amide bonds. The molecule has 118 valence electrons. The molecular formula is C14H23N3O3S. The van der Waals surface area contributed by atoms with Gasteiger partial charge in [0.05, 0.1) is 11.8 Å². The Labute approximate surface area is 126 Å². The van der Waals surface area contributed by atoms with Gasteiger partial charge in [-0.1, -0.05) is 6.92 Å². The van der Waals surface area contributed by atoms with E-state index in [2.05, 4.69) is 15.0 Å². The van der Waals surface area contributed by atoms with E-state index in [1.807, 2.05) is 6.92 Å². The van der Waals surface area contributed by atoms with Gasteiger partial charge in [0.2, 0.25) is 0 Å². The Kier molecular flexibility index (Phi) is 5.55. The van der Waals surface area contributed by atoms with Crippen molar-refractivity contribution in [2.24, 2.45) is 0 Å². The fourth-order valence-electron chi connectivity index (χ4n) is 2.54. The van der Waals surface area contributed by atoms with Crippen LogP contribution in [0.3, 0.4) is 0 Å². The number of pyridine rings is 1. The second kappa shape index (κ2) is 7.20. The molecule has 1 heterocycles. The number of nitrogens with one attached hydrogen (secondary N) is 2. The van der Waals surface area contributed by atoms with Gasteiger partial charge in [0.15, 0.2) is 5.03 Å². The van der Waals surface area contributed by atoms with Crippen molar-refractivity contribution in [3.63, 3.8) is 0 Å². The minimum Gasteiger partial charge on any atom is -0.383 e. The van der Waals surface area contributed by atoms with Crippen LogP contribution in [0, 0.1) is 0 Å². The molecule has 2 N–H and O–H groups in total. The van der Waals surface area contributed by atoms with Crippen LogP contribution in [0.5, 0.6) is 0 Å². The average Bonchev–Trinajstić information content (AvgIpc) is 2.92. The van der Waals surface area contributed by atoms with E-state index in [9.17, 15) is 8.42 Å². The van der Waals surface area contributed by atoms with Gasteiger partial charge < -0.3 is 10.1 Å². The van der Waals surface area contributed by atoms with Crippen LogP contribution in [0.1, 0.15) is 32.6 Å². The lowest BCUT2D eigenvalue weighted by Crippen LogP contribution is -2.34. The molecule has 0 aromatic carbocycles. The molecule has 1 aliphatic carbocycles. The summed E-state index contributed by atoms with van der Waals surface area (Å²) in [5.41, 5.74) is 0.549. The van der Waals surface area contributed by atoms with E-state index in [0.717, 1.165) is 19.3 Å². The Hall–Kier alpha value is -1.18. The fourth-order valence-corrected chi connectivity index (χ4v) is 3.93. The van der Waals surface area contributed by atoms with E-state index in [1.165, 1.54) is 6.20 Å². The van der Waals surface area contributed by atoms with Gasteiger partial charge in [0.25, 0.3) is 10.0 Å². The highest BCUT2D eigenvalue weighted by Gasteiger charge is 2.30. The van der Waals surface area contributed by atoms with Gasteiger partial charge in [-0.2, -0.15) is 0 Å². The number of ether oxygens (including phenoxy) is 1. The van der Waals surface area contributed by atoms with Crippen LogP contribution in [0.2, 0.25) is 0 Å². The van der Waals surface area contributed by atoms with E-state index >= 15 is 0 Å². The summed E-state index contributed by atoms with van der Waals surface area (Å²) in [5, 5.41) is 3.18. The zero-order valence-corrected chi connectivity index (χ0v) is 13.3. The Bertz CT molecular complexity index is 562. The van der Waals surface area contributed by atoms with Crippen molar-refractivity contribution in [2.75, 3.05) is 19.0 Å². The molecule has 1 aromatic rings. The second-order valence-electron chi connectivity index (χ2n) is 5.27. The van der Waals surface area contributed by atoms with Crippen molar-refractivity contribution >= 4 is 15.7 Å². The van der Waals surface area contributed by atoms with Gasteiger partial charge in [-0.15, -0.1) is 0 Å². The largest absolute Gasteiger partial charge is 0.383 e. The first kappa shape index (κ1) is 16.2. The molecule has 2 rings (SSSR count). The lowest BCUT2D eigenvalue weighted by atomic mass is 10.3. The third-order valence-electron chi connectivity index (χ3n) is 3.63. The summed E-state index contributed by atoms with van der Waals surface area (Å²) in [6, 6.07) is 3.39. The van der Waals surface area contributed by atoms with E-state index in [0.29, 0.717) is 18.7 Å². The lowest BCUT2D eigenvalue weighted by Gasteiger charge is -2.15. The van der Waals surface area contributed by atoms with Crippen molar-refractivity contribution in [2.45, 2.75) is 49.8 Å². The lowest BCUT2D eigenvalue weighted by molar-refractivity contribution is 0.107. The van der Waals surface area contributed by atoms with Crippen LogP contribution in [-0.4, -0.2) is 39.2 Å². The third-order valence-corrected chi connectivity index (χ3v) is 5.11. The normalized spacial score (nSPS) is 22.4. The number of hydrogen-bond acceptors (Lipinski definition) is 5. The Morgan fingerprint density at radius 3 is 2.90 bits per heavy atom. The van der Waals surface area contributed by atoms with Crippen LogP contribution in [0.15, 0.2) is 23.4 Å². The molecular weight excluding hydrogens is 290 g/mol. The van der Waals surface area contributed by atoms with Gasteiger partial charge in [0.1, 0.15) is 0 Å². The van der Waals surface area contributed by atoms with Crippen LogP contribution in [-0.2, 0) is 14.8 Å². The molecule has 2 atom stereocenters. The fraction of sp³-hybridized carbons (Fsp3) is 0.643. The van der Waals surface area contributed by atoms with E-state index in [4.69, 9.17) is 4.74 Å². The number of nitrogens with zero attached hydrogens (tertiary/aromatic N) is 1. The predicted molar refractivity (Wildman–Crippen MR) is 81.8 cm³/mol.